The Bertz CT molecular complexity index is 742. The molecular weight excluding hydrogens is 323 g/mol. The first-order valence-corrected chi connectivity index (χ1v) is 8.40. The van der Waals surface area contributed by atoms with Crippen LogP contribution in [0.15, 0.2) is 29.4 Å². The second-order valence-corrected chi connectivity index (χ2v) is 5.82. The van der Waals surface area contributed by atoms with Gasteiger partial charge in [-0.2, -0.15) is 0 Å². The number of H-pyrrole nitrogens is 1. The number of nitrogens with one attached hydrogen (secondary N) is 3. The number of guanidine groups is 1. The topological polar surface area (TPSA) is 78.5 Å². The number of halogens is 1. The zero-order chi connectivity index (χ0) is 18.2. The summed E-state index contributed by atoms with van der Waals surface area (Å²) in [7, 11) is 1.37. The van der Waals surface area contributed by atoms with E-state index in [0.717, 1.165) is 29.4 Å². The van der Waals surface area contributed by atoms with Gasteiger partial charge >= 0.3 is 5.97 Å². The van der Waals surface area contributed by atoms with Gasteiger partial charge in [0.1, 0.15) is 5.82 Å². The first kappa shape index (κ1) is 18.8. The minimum absolute atomic E-state index is 0.250. The summed E-state index contributed by atoms with van der Waals surface area (Å²) in [5.74, 6) is -0.154. The lowest BCUT2D eigenvalue weighted by molar-refractivity contribution is -0.144. The largest absolute Gasteiger partial charge is 0.469 e. The second-order valence-electron chi connectivity index (χ2n) is 5.82. The zero-order valence-corrected chi connectivity index (χ0v) is 14.9. The number of fused-ring (bicyclic) bond motifs is 1. The first-order valence-electron chi connectivity index (χ1n) is 8.40. The third kappa shape index (κ3) is 5.20. The number of methoxy groups -OCH3 is 1. The number of ether oxygens (including phenoxy) is 1. The Morgan fingerprint density at radius 3 is 2.92 bits per heavy atom. The molecule has 1 aromatic heterocycles. The molecule has 0 spiro atoms. The van der Waals surface area contributed by atoms with Crippen molar-refractivity contribution in [1.29, 1.82) is 0 Å². The van der Waals surface area contributed by atoms with Gasteiger partial charge in [-0.3, -0.25) is 9.79 Å². The van der Waals surface area contributed by atoms with E-state index in [4.69, 9.17) is 4.74 Å². The van der Waals surface area contributed by atoms with Crippen LogP contribution in [0.4, 0.5) is 4.39 Å². The van der Waals surface area contributed by atoms with Crippen molar-refractivity contribution < 1.29 is 13.9 Å². The van der Waals surface area contributed by atoms with Crippen molar-refractivity contribution in [3.63, 3.8) is 0 Å². The lowest BCUT2D eigenvalue weighted by atomic mass is 10.1. The van der Waals surface area contributed by atoms with E-state index < -0.39 is 0 Å². The Kier molecular flexibility index (Phi) is 6.80. The number of nitrogens with zero attached hydrogens (tertiary/aromatic N) is 1. The number of esters is 1. The summed E-state index contributed by atoms with van der Waals surface area (Å²) in [6.07, 6.45) is 2.66. The molecule has 7 heteroatoms. The first-order chi connectivity index (χ1) is 12.0. The van der Waals surface area contributed by atoms with Crippen LogP contribution in [0.3, 0.4) is 0 Å². The van der Waals surface area contributed by atoms with Gasteiger partial charge < -0.3 is 20.4 Å². The molecule has 1 unspecified atom stereocenters. The molecule has 0 aliphatic rings. The number of rotatable bonds is 7. The zero-order valence-electron chi connectivity index (χ0n) is 14.9. The molecule has 2 aromatic rings. The van der Waals surface area contributed by atoms with E-state index in [0.29, 0.717) is 19.0 Å². The molecule has 6 nitrogen and oxygen atoms in total. The van der Waals surface area contributed by atoms with E-state index in [1.165, 1.54) is 19.2 Å². The van der Waals surface area contributed by atoms with Gasteiger partial charge in [0.2, 0.25) is 0 Å². The fraction of sp³-hybridized carbons (Fsp3) is 0.444. The maximum Gasteiger partial charge on any atom is 0.310 e. The SMILES string of the molecule is CCNC(=NCC(C)C(=O)OC)NCCc1c[nH]c2cc(F)ccc12. The summed E-state index contributed by atoms with van der Waals surface area (Å²) in [5.41, 5.74) is 1.91. The highest BCUT2D eigenvalue weighted by Gasteiger charge is 2.12. The average molecular weight is 348 g/mol. The minimum Gasteiger partial charge on any atom is -0.469 e. The van der Waals surface area contributed by atoms with Gasteiger partial charge in [0, 0.05) is 30.2 Å². The summed E-state index contributed by atoms with van der Waals surface area (Å²) < 4.78 is 17.9. The van der Waals surface area contributed by atoms with Gasteiger partial charge in [-0.1, -0.05) is 6.92 Å². The normalized spacial score (nSPS) is 12.9. The number of hydrogen-bond donors (Lipinski definition) is 3. The number of benzene rings is 1. The maximum atomic E-state index is 13.2. The van der Waals surface area contributed by atoms with Crippen LogP contribution in [0.25, 0.3) is 10.9 Å². The number of aromatic nitrogens is 1. The number of carbonyl (C=O) groups is 1. The number of carbonyl (C=O) groups excluding carboxylic acids is 1. The summed E-state index contributed by atoms with van der Waals surface area (Å²) in [6.45, 7) is 5.51. The molecule has 2 rings (SSSR count). The van der Waals surface area contributed by atoms with Crippen molar-refractivity contribution in [1.82, 2.24) is 15.6 Å². The fourth-order valence-corrected chi connectivity index (χ4v) is 2.53. The molecule has 0 aliphatic heterocycles. The molecule has 0 saturated heterocycles. The molecule has 136 valence electrons. The average Bonchev–Trinajstić information content (AvgIpc) is 3.00. The van der Waals surface area contributed by atoms with E-state index >= 15 is 0 Å². The predicted molar refractivity (Wildman–Crippen MR) is 97.1 cm³/mol. The molecule has 0 fully saturated rings. The van der Waals surface area contributed by atoms with Crippen LogP contribution in [0.5, 0.6) is 0 Å². The smallest absolute Gasteiger partial charge is 0.310 e. The Labute approximate surface area is 146 Å². The van der Waals surface area contributed by atoms with Crippen molar-refractivity contribution >= 4 is 22.8 Å². The molecule has 0 amide bonds. The van der Waals surface area contributed by atoms with Crippen molar-refractivity contribution in [2.75, 3.05) is 26.7 Å². The number of hydrogen-bond acceptors (Lipinski definition) is 3. The Hall–Kier alpha value is -2.57. The van der Waals surface area contributed by atoms with Gasteiger partial charge in [0.05, 0.1) is 19.6 Å². The summed E-state index contributed by atoms with van der Waals surface area (Å²) in [6, 6.07) is 4.74. The molecule has 0 bridgehead atoms. The van der Waals surface area contributed by atoms with Crippen molar-refractivity contribution in [3.05, 3.63) is 35.8 Å². The highest BCUT2D eigenvalue weighted by Crippen LogP contribution is 2.19. The third-order valence-electron chi connectivity index (χ3n) is 3.89. The van der Waals surface area contributed by atoms with Crippen LogP contribution in [0.2, 0.25) is 0 Å². The van der Waals surface area contributed by atoms with Crippen LogP contribution in [0, 0.1) is 11.7 Å². The molecular formula is C18H25FN4O2. The maximum absolute atomic E-state index is 13.2. The minimum atomic E-state index is -0.288. The van der Waals surface area contributed by atoms with Crippen molar-refractivity contribution in [2.24, 2.45) is 10.9 Å². The fourth-order valence-electron chi connectivity index (χ4n) is 2.53. The van der Waals surface area contributed by atoms with E-state index in [9.17, 15) is 9.18 Å². The third-order valence-corrected chi connectivity index (χ3v) is 3.89. The summed E-state index contributed by atoms with van der Waals surface area (Å²) >= 11 is 0. The summed E-state index contributed by atoms with van der Waals surface area (Å²) in [4.78, 5) is 18.9. The van der Waals surface area contributed by atoms with Crippen LogP contribution in [-0.2, 0) is 16.0 Å². The van der Waals surface area contributed by atoms with Gasteiger partial charge in [-0.15, -0.1) is 0 Å². The van der Waals surface area contributed by atoms with Gasteiger partial charge in [0.25, 0.3) is 0 Å². The van der Waals surface area contributed by atoms with Crippen LogP contribution >= 0.6 is 0 Å². The Morgan fingerprint density at radius 1 is 1.40 bits per heavy atom. The van der Waals surface area contributed by atoms with Crippen molar-refractivity contribution in [3.8, 4) is 0 Å². The van der Waals surface area contributed by atoms with Crippen molar-refractivity contribution in [2.45, 2.75) is 20.3 Å². The highest BCUT2D eigenvalue weighted by atomic mass is 19.1. The molecule has 0 aliphatic carbocycles. The molecule has 1 atom stereocenters. The predicted octanol–water partition coefficient (Wildman–Crippen LogP) is 2.21. The van der Waals surface area contributed by atoms with Crippen LogP contribution in [-0.4, -0.2) is 43.7 Å². The van der Waals surface area contributed by atoms with Crippen LogP contribution in [0.1, 0.15) is 19.4 Å². The molecule has 25 heavy (non-hydrogen) atoms. The molecule has 0 saturated carbocycles. The lowest BCUT2D eigenvalue weighted by Crippen LogP contribution is -2.38. The van der Waals surface area contributed by atoms with E-state index in [1.54, 1.807) is 13.0 Å². The quantitative estimate of drug-likeness (QED) is 0.407. The highest BCUT2D eigenvalue weighted by molar-refractivity contribution is 5.83. The molecule has 1 aromatic carbocycles. The number of aliphatic imine (C=N–C) groups is 1. The number of aromatic amines is 1. The molecule has 0 radical (unpaired) electrons. The second kappa shape index (κ2) is 9.05. The van der Waals surface area contributed by atoms with Gasteiger partial charge in [-0.25, -0.2) is 4.39 Å². The monoisotopic (exact) mass is 348 g/mol. The van der Waals surface area contributed by atoms with E-state index in [1.807, 2.05) is 13.1 Å². The summed E-state index contributed by atoms with van der Waals surface area (Å²) in [5, 5.41) is 7.41. The van der Waals surface area contributed by atoms with Gasteiger partial charge in [0.15, 0.2) is 5.96 Å². The standard InChI is InChI=1S/C18H25FN4O2/c1-4-20-18(23-10-12(2)17(24)25-3)21-8-7-13-11-22-16-9-14(19)5-6-15(13)16/h5-6,9,11-12,22H,4,7-8,10H2,1-3H3,(H2,20,21,23). The van der Waals surface area contributed by atoms with Crippen LogP contribution < -0.4 is 10.6 Å². The van der Waals surface area contributed by atoms with Gasteiger partial charge in [-0.05, 0) is 37.1 Å². The lowest BCUT2D eigenvalue weighted by Gasteiger charge is -2.12. The van der Waals surface area contributed by atoms with E-state index in [2.05, 4.69) is 20.6 Å². The Balaban J connectivity index is 1.93. The van der Waals surface area contributed by atoms with E-state index in [-0.39, 0.29) is 17.7 Å². The molecule has 1 heterocycles. The molecule has 3 N–H and O–H groups in total. The Morgan fingerprint density at radius 2 is 2.20 bits per heavy atom.